The van der Waals surface area contributed by atoms with Gasteiger partial charge in [0, 0.05) is 32.3 Å². The quantitative estimate of drug-likeness (QED) is 0.601. The van der Waals surface area contributed by atoms with Gasteiger partial charge in [-0.2, -0.15) is 13.2 Å². The Balaban J connectivity index is 2.63. The molecule has 2 atom stereocenters. The number of alkyl halides is 3. The van der Waals surface area contributed by atoms with Crippen LogP contribution in [0.25, 0.3) is 0 Å². The summed E-state index contributed by atoms with van der Waals surface area (Å²) >= 11 is 0. The van der Waals surface area contributed by atoms with Gasteiger partial charge < -0.3 is 9.64 Å². The molecule has 1 aliphatic rings. The van der Waals surface area contributed by atoms with Crippen molar-refractivity contribution in [1.29, 1.82) is 0 Å². The second-order valence-electron chi connectivity index (χ2n) is 5.86. The SMILES string of the molecule is COC1CN(c2c([N+](=O)[O-])cc(C(F)(F)F)cc2[N+](=O)[O-])CCC1C. The fraction of sp³-hybridized carbons (Fsp3) is 0.571. The molecule has 1 aliphatic heterocycles. The molecule has 2 unspecified atom stereocenters. The Kier molecular flexibility index (Phi) is 5.16. The molecular weight excluding hydrogens is 347 g/mol. The predicted molar refractivity (Wildman–Crippen MR) is 81.5 cm³/mol. The van der Waals surface area contributed by atoms with Gasteiger partial charge in [-0.1, -0.05) is 6.92 Å². The number of halogens is 3. The van der Waals surface area contributed by atoms with Crippen molar-refractivity contribution >= 4 is 17.1 Å². The van der Waals surface area contributed by atoms with E-state index in [0.29, 0.717) is 18.6 Å². The molecule has 1 fully saturated rings. The number of piperidine rings is 1. The molecule has 8 nitrogen and oxygen atoms in total. The van der Waals surface area contributed by atoms with Crippen molar-refractivity contribution in [2.75, 3.05) is 25.1 Å². The zero-order chi connectivity index (χ0) is 18.9. The molecule has 0 bridgehead atoms. The average molecular weight is 363 g/mol. The van der Waals surface area contributed by atoms with Crippen LogP contribution in [0.4, 0.5) is 30.2 Å². The number of nitro benzene ring substituents is 2. The smallest absolute Gasteiger partial charge is 0.379 e. The Labute approximate surface area is 140 Å². The van der Waals surface area contributed by atoms with Crippen molar-refractivity contribution in [3.8, 4) is 0 Å². The minimum absolute atomic E-state index is 0.116. The summed E-state index contributed by atoms with van der Waals surface area (Å²) in [5.74, 6) is 0.119. The number of benzene rings is 1. The molecule has 1 saturated heterocycles. The van der Waals surface area contributed by atoms with E-state index < -0.39 is 38.6 Å². The summed E-state index contributed by atoms with van der Waals surface area (Å²) in [6.07, 6.45) is -4.73. The second-order valence-corrected chi connectivity index (χ2v) is 5.86. The second kappa shape index (κ2) is 6.82. The first-order valence-electron chi connectivity index (χ1n) is 7.38. The van der Waals surface area contributed by atoms with Gasteiger partial charge in [-0.25, -0.2) is 0 Å². The molecule has 0 saturated carbocycles. The topological polar surface area (TPSA) is 98.8 Å². The van der Waals surface area contributed by atoms with Crippen molar-refractivity contribution in [1.82, 2.24) is 0 Å². The van der Waals surface area contributed by atoms with Crippen LogP contribution in [0, 0.1) is 26.1 Å². The summed E-state index contributed by atoms with van der Waals surface area (Å²) in [6, 6.07) is 0.671. The molecule has 0 N–H and O–H groups in total. The normalized spacial score (nSPS) is 21.2. The minimum atomic E-state index is -4.93. The molecule has 11 heteroatoms. The maximum atomic E-state index is 12.9. The Morgan fingerprint density at radius 3 is 2.12 bits per heavy atom. The number of nitrogens with zero attached hydrogens (tertiary/aromatic N) is 3. The van der Waals surface area contributed by atoms with Gasteiger partial charge in [0.05, 0.1) is 21.5 Å². The maximum absolute atomic E-state index is 12.9. The molecule has 0 aliphatic carbocycles. The van der Waals surface area contributed by atoms with Crippen LogP contribution >= 0.6 is 0 Å². The highest BCUT2D eigenvalue weighted by atomic mass is 19.4. The number of rotatable bonds is 4. The van der Waals surface area contributed by atoms with Crippen molar-refractivity contribution in [3.63, 3.8) is 0 Å². The number of hydrogen-bond donors (Lipinski definition) is 0. The zero-order valence-electron chi connectivity index (χ0n) is 13.4. The zero-order valence-corrected chi connectivity index (χ0v) is 13.4. The van der Waals surface area contributed by atoms with Crippen LogP contribution in [0.3, 0.4) is 0 Å². The monoisotopic (exact) mass is 363 g/mol. The Hall–Kier alpha value is -2.43. The molecular formula is C14H16F3N3O5. The number of anilines is 1. The van der Waals surface area contributed by atoms with E-state index in [1.165, 1.54) is 12.0 Å². The van der Waals surface area contributed by atoms with Gasteiger partial charge in [-0.3, -0.25) is 20.2 Å². The van der Waals surface area contributed by atoms with Gasteiger partial charge in [0.2, 0.25) is 0 Å². The van der Waals surface area contributed by atoms with Crippen molar-refractivity contribution in [2.45, 2.75) is 25.6 Å². The van der Waals surface area contributed by atoms with Gasteiger partial charge in [-0.15, -0.1) is 0 Å². The Bertz CT molecular complexity index is 660. The van der Waals surface area contributed by atoms with E-state index in [2.05, 4.69) is 0 Å². The van der Waals surface area contributed by atoms with Gasteiger partial charge in [-0.05, 0) is 12.3 Å². The van der Waals surface area contributed by atoms with Crippen LogP contribution in [0.1, 0.15) is 18.9 Å². The van der Waals surface area contributed by atoms with Crippen molar-refractivity contribution in [2.24, 2.45) is 5.92 Å². The van der Waals surface area contributed by atoms with Crippen LogP contribution in [0.5, 0.6) is 0 Å². The molecule has 25 heavy (non-hydrogen) atoms. The highest BCUT2D eigenvalue weighted by Gasteiger charge is 2.40. The van der Waals surface area contributed by atoms with Crippen molar-refractivity contribution < 1.29 is 27.8 Å². The molecule has 2 rings (SSSR count). The standard InChI is InChI=1S/C14H16F3N3O5/c1-8-3-4-18(7-12(8)25-2)13-10(19(21)22)5-9(14(15,16)17)6-11(13)20(23)24/h5-6,8,12H,3-4,7H2,1-2H3. The first kappa shape index (κ1) is 18.9. The van der Waals surface area contributed by atoms with E-state index in [9.17, 15) is 33.4 Å². The lowest BCUT2D eigenvalue weighted by atomic mass is 9.95. The lowest BCUT2D eigenvalue weighted by Gasteiger charge is -2.37. The van der Waals surface area contributed by atoms with E-state index in [1.807, 2.05) is 6.92 Å². The van der Waals surface area contributed by atoms with E-state index >= 15 is 0 Å². The highest BCUT2D eigenvalue weighted by Crippen LogP contribution is 2.44. The third kappa shape index (κ3) is 3.81. The van der Waals surface area contributed by atoms with E-state index in [-0.39, 0.29) is 25.1 Å². The lowest BCUT2D eigenvalue weighted by molar-refractivity contribution is -0.393. The molecule has 1 aromatic rings. The molecule has 0 amide bonds. The van der Waals surface area contributed by atoms with Crippen LogP contribution in [-0.2, 0) is 10.9 Å². The van der Waals surface area contributed by atoms with Gasteiger partial charge >= 0.3 is 6.18 Å². The fourth-order valence-electron chi connectivity index (χ4n) is 2.91. The summed E-state index contributed by atoms with van der Waals surface area (Å²) in [6.45, 7) is 2.26. The largest absolute Gasteiger partial charge is 0.416 e. The van der Waals surface area contributed by atoms with Crippen LogP contribution in [-0.4, -0.2) is 36.1 Å². The molecule has 0 aromatic heterocycles. The van der Waals surface area contributed by atoms with Crippen LogP contribution < -0.4 is 4.90 Å². The highest BCUT2D eigenvalue weighted by molar-refractivity contribution is 5.76. The third-order valence-electron chi connectivity index (χ3n) is 4.30. The van der Waals surface area contributed by atoms with Gasteiger partial charge in [0.25, 0.3) is 11.4 Å². The number of ether oxygens (including phenoxy) is 1. The first-order valence-corrected chi connectivity index (χ1v) is 7.38. The summed E-state index contributed by atoms with van der Waals surface area (Å²) in [4.78, 5) is 21.9. The van der Waals surface area contributed by atoms with Crippen LogP contribution in [0.15, 0.2) is 12.1 Å². The van der Waals surface area contributed by atoms with Gasteiger partial charge in [0.15, 0.2) is 5.69 Å². The molecule has 0 radical (unpaired) electrons. The number of methoxy groups -OCH3 is 1. The van der Waals surface area contributed by atoms with Crippen molar-refractivity contribution in [3.05, 3.63) is 37.9 Å². The Morgan fingerprint density at radius 1 is 1.20 bits per heavy atom. The van der Waals surface area contributed by atoms with E-state index in [0.717, 1.165) is 0 Å². The molecule has 1 heterocycles. The Morgan fingerprint density at radius 2 is 1.72 bits per heavy atom. The lowest BCUT2D eigenvalue weighted by Crippen LogP contribution is -2.44. The predicted octanol–water partition coefficient (Wildman–Crippen LogP) is 3.38. The number of hydrogen-bond acceptors (Lipinski definition) is 6. The molecule has 0 spiro atoms. The maximum Gasteiger partial charge on any atom is 0.416 e. The minimum Gasteiger partial charge on any atom is -0.379 e. The average Bonchev–Trinajstić information content (AvgIpc) is 2.53. The third-order valence-corrected chi connectivity index (χ3v) is 4.30. The molecule has 1 aromatic carbocycles. The summed E-state index contributed by atoms with van der Waals surface area (Å²) in [5, 5.41) is 22.6. The summed E-state index contributed by atoms with van der Waals surface area (Å²) < 4.78 is 44.1. The summed E-state index contributed by atoms with van der Waals surface area (Å²) in [7, 11) is 1.44. The summed E-state index contributed by atoms with van der Waals surface area (Å²) in [5.41, 5.74) is -3.72. The van der Waals surface area contributed by atoms with E-state index in [1.54, 1.807) is 0 Å². The first-order chi connectivity index (χ1) is 11.6. The fourth-order valence-corrected chi connectivity index (χ4v) is 2.91. The number of nitro groups is 2. The van der Waals surface area contributed by atoms with E-state index in [4.69, 9.17) is 4.74 Å². The van der Waals surface area contributed by atoms with Gasteiger partial charge in [0.1, 0.15) is 0 Å². The van der Waals surface area contributed by atoms with Crippen LogP contribution in [0.2, 0.25) is 0 Å². The molecule has 138 valence electrons.